The summed E-state index contributed by atoms with van der Waals surface area (Å²) in [5, 5.41) is 3.02. The number of rotatable bonds is 5. The summed E-state index contributed by atoms with van der Waals surface area (Å²) in [5.41, 5.74) is 6.26. The van der Waals surface area contributed by atoms with Gasteiger partial charge in [0, 0.05) is 11.3 Å². The number of amides is 1. The van der Waals surface area contributed by atoms with Crippen molar-refractivity contribution in [2.45, 2.75) is 46.1 Å². The van der Waals surface area contributed by atoms with Crippen molar-refractivity contribution >= 4 is 22.6 Å². The molecule has 0 fully saturated rings. The number of hydrogen-bond donors (Lipinski definition) is 1. The van der Waals surface area contributed by atoms with Gasteiger partial charge in [-0.25, -0.2) is 4.98 Å². The van der Waals surface area contributed by atoms with Crippen molar-refractivity contribution in [2.24, 2.45) is 0 Å². The molecule has 0 bridgehead atoms. The van der Waals surface area contributed by atoms with Crippen LogP contribution in [-0.2, 0) is 23.2 Å². The third-order valence-corrected chi connectivity index (χ3v) is 5.61. The van der Waals surface area contributed by atoms with Crippen LogP contribution in [0.1, 0.15) is 38.8 Å². The van der Waals surface area contributed by atoms with Crippen molar-refractivity contribution in [1.82, 2.24) is 9.55 Å². The van der Waals surface area contributed by atoms with E-state index in [0.29, 0.717) is 0 Å². The van der Waals surface area contributed by atoms with E-state index in [1.54, 1.807) is 0 Å². The highest BCUT2D eigenvalue weighted by atomic mass is 16.1. The Balaban J connectivity index is 1.65. The zero-order valence-corrected chi connectivity index (χ0v) is 18.6. The van der Waals surface area contributed by atoms with Gasteiger partial charge < -0.3 is 9.88 Å². The van der Waals surface area contributed by atoms with Gasteiger partial charge >= 0.3 is 0 Å². The Kier molecular flexibility index (Phi) is 5.64. The van der Waals surface area contributed by atoms with Crippen molar-refractivity contribution < 1.29 is 4.79 Å². The number of hydrogen-bond acceptors (Lipinski definition) is 2. The van der Waals surface area contributed by atoms with Gasteiger partial charge in [0.1, 0.15) is 12.4 Å². The molecule has 0 radical (unpaired) electrons. The van der Waals surface area contributed by atoms with E-state index in [1.165, 1.54) is 11.1 Å². The second kappa shape index (κ2) is 8.38. The maximum Gasteiger partial charge on any atom is 0.244 e. The molecule has 31 heavy (non-hydrogen) atoms. The number of carbonyl (C=O) groups is 1. The van der Waals surface area contributed by atoms with Crippen LogP contribution in [0.3, 0.4) is 0 Å². The summed E-state index contributed by atoms with van der Waals surface area (Å²) in [5.74, 6) is 0.734. The van der Waals surface area contributed by atoms with Crippen LogP contribution in [0.5, 0.6) is 0 Å². The Morgan fingerprint density at radius 1 is 0.935 bits per heavy atom. The molecule has 0 aliphatic carbocycles. The molecule has 0 atom stereocenters. The van der Waals surface area contributed by atoms with E-state index in [1.807, 2.05) is 53.1 Å². The fourth-order valence-corrected chi connectivity index (χ4v) is 3.74. The summed E-state index contributed by atoms with van der Waals surface area (Å²) in [6, 6.07) is 24.4. The first kappa shape index (κ1) is 20.9. The molecule has 4 aromatic rings. The lowest BCUT2D eigenvalue weighted by molar-refractivity contribution is -0.116. The zero-order valence-electron chi connectivity index (χ0n) is 18.6. The minimum atomic E-state index is -0.0695. The third kappa shape index (κ3) is 4.53. The Labute approximate surface area is 183 Å². The van der Waals surface area contributed by atoms with Crippen molar-refractivity contribution in [3.63, 3.8) is 0 Å². The maximum atomic E-state index is 12.9. The summed E-state index contributed by atoms with van der Waals surface area (Å²) in [6.45, 7) is 8.93. The Hall–Kier alpha value is -3.40. The number of aryl methyl sites for hydroxylation is 1. The van der Waals surface area contributed by atoms with E-state index in [9.17, 15) is 4.79 Å². The monoisotopic (exact) mass is 411 g/mol. The van der Waals surface area contributed by atoms with E-state index in [4.69, 9.17) is 4.98 Å². The molecule has 1 amide bonds. The van der Waals surface area contributed by atoms with Gasteiger partial charge in [0.25, 0.3) is 0 Å². The van der Waals surface area contributed by atoms with Gasteiger partial charge in [0.2, 0.25) is 5.91 Å². The van der Waals surface area contributed by atoms with Crippen LogP contribution in [-0.4, -0.2) is 15.5 Å². The molecule has 0 spiro atoms. The molecule has 0 aliphatic rings. The molecule has 4 rings (SSSR count). The summed E-state index contributed by atoms with van der Waals surface area (Å²) in [6.07, 6.45) is 0.979. The van der Waals surface area contributed by atoms with E-state index in [2.05, 4.69) is 57.3 Å². The molecule has 4 heteroatoms. The van der Waals surface area contributed by atoms with Crippen LogP contribution < -0.4 is 5.32 Å². The Morgan fingerprint density at radius 2 is 1.61 bits per heavy atom. The molecule has 0 saturated carbocycles. The summed E-state index contributed by atoms with van der Waals surface area (Å²) in [4.78, 5) is 17.7. The van der Waals surface area contributed by atoms with Gasteiger partial charge in [-0.1, -0.05) is 76.2 Å². The normalized spacial score (nSPS) is 11.6. The minimum absolute atomic E-state index is 0.0695. The molecule has 4 nitrogen and oxygen atoms in total. The second-order valence-electron chi connectivity index (χ2n) is 8.94. The van der Waals surface area contributed by atoms with E-state index in [-0.39, 0.29) is 17.9 Å². The quantitative estimate of drug-likeness (QED) is 0.425. The van der Waals surface area contributed by atoms with Gasteiger partial charge in [0.05, 0.1) is 11.0 Å². The van der Waals surface area contributed by atoms with Gasteiger partial charge in [-0.3, -0.25) is 4.79 Å². The summed E-state index contributed by atoms with van der Waals surface area (Å²) in [7, 11) is 0. The van der Waals surface area contributed by atoms with E-state index >= 15 is 0 Å². The van der Waals surface area contributed by atoms with Gasteiger partial charge in [-0.05, 0) is 47.2 Å². The molecular formula is C27H29N3O. The minimum Gasteiger partial charge on any atom is -0.325 e. The van der Waals surface area contributed by atoms with Crippen LogP contribution in [0.15, 0.2) is 72.8 Å². The lowest BCUT2D eigenvalue weighted by Gasteiger charge is -2.19. The highest BCUT2D eigenvalue weighted by molar-refractivity contribution is 5.92. The number of para-hydroxylation sites is 2. The number of aromatic nitrogens is 2. The van der Waals surface area contributed by atoms with Crippen LogP contribution in [0.25, 0.3) is 22.4 Å². The summed E-state index contributed by atoms with van der Waals surface area (Å²) >= 11 is 0. The van der Waals surface area contributed by atoms with Crippen molar-refractivity contribution in [1.29, 1.82) is 0 Å². The second-order valence-corrected chi connectivity index (χ2v) is 8.94. The Morgan fingerprint density at radius 3 is 2.26 bits per heavy atom. The van der Waals surface area contributed by atoms with Crippen molar-refractivity contribution in [3.05, 3.63) is 83.9 Å². The number of nitrogens with one attached hydrogen (secondary N) is 1. The van der Waals surface area contributed by atoms with E-state index in [0.717, 1.165) is 34.5 Å². The highest BCUT2D eigenvalue weighted by Crippen LogP contribution is 2.28. The van der Waals surface area contributed by atoms with Crippen LogP contribution in [0.2, 0.25) is 0 Å². The molecule has 0 saturated heterocycles. The van der Waals surface area contributed by atoms with Gasteiger partial charge in [-0.15, -0.1) is 0 Å². The molecule has 0 aliphatic heterocycles. The average molecular weight is 412 g/mol. The predicted molar refractivity (Wildman–Crippen MR) is 128 cm³/mol. The number of nitrogens with zero attached hydrogens (tertiary/aromatic N) is 2. The fraction of sp³-hybridized carbons (Fsp3) is 0.259. The van der Waals surface area contributed by atoms with E-state index < -0.39 is 0 Å². The largest absolute Gasteiger partial charge is 0.325 e. The third-order valence-electron chi connectivity index (χ3n) is 5.61. The number of imidazole rings is 1. The molecule has 3 aromatic carbocycles. The predicted octanol–water partition coefficient (Wildman–Crippen LogP) is 6.20. The van der Waals surface area contributed by atoms with Gasteiger partial charge in [-0.2, -0.15) is 0 Å². The lowest BCUT2D eigenvalue weighted by atomic mass is 9.87. The number of benzene rings is 3. The first-order valence-electron chi connectivity index (χ1n) is 10.8. The number of fused-ring (bicyclic) bond motifs is 1. The lowest BCUT2D eigenvalue weighted by Crippen LogP contribution is -2.19. The first-order valence-corrected chi connectivity index (χ1v) is 10.8. The molecular weight excluding hydrogens is 382 g/mol. The molecule has 158 valence electrons. The van der Waals surface area contributed by atoms with Crippen LogP contribution >= 0.6 is 0 Å². The molecule has 1 heterocycles. The standard InChI is InChI=1S/C27H29N3O/c1-5-19-10-16-22(17-11-19)28-25(31)18-30-24-9-7-6-8-23(24)29-26(30)20-12-14-21(15-13-20)27(2,3)4/h6-17H,5,18H2,1-4H3,(H,28,31). The zero-order chi connectivity index (χ0) is 22.0. The number of anilines is 1. The maximum absolute atomic E-state index is 12.9. The van der Waals surface area contributed by atoms with Crippen LogP contribution in [0, 0.1) is 0 Å². The SMILES string of the molecule is CCc1ccc(NC(=O)Cn2c(-c3ccc(C(C)(C)C)cc3)nc3ccccc32)cc1. The topological polar surface area (TPSA) is 46.9 Å². The smallest absolute Gasteiger partial charge is 0.244 e. The number of carbonyl (C=O) groups excluding carboxylic acids is 1. The van der Waals surface area contributed by atoms with Crippen LogP contribution in [0.4, 0.5) is 5.69 Å². The Bertz CT molecular complexity index is 1200. The summed E-state index contributed by atoms with van der Waals surface area (Å²) < 4.78 is 2.00. The van der Waals surface area contributed by atoms with Crippen molar-refractivity contribution in [3.8, 4) is 11.4 Å². The molecule has 0 unspecified atom stereocenters. The van der Waals surface area contributed by atoms with Gasteiger partial charge in [0.15, 0.2) is 0 Å². The molecule has 1 N–H and O–H groups in total. The van der Waals surface area contributed by atoms with Crippen molar-refractivity contribution in [2.75, 3.05) is 5.32 Å². The average Bonchev–Trinajstić information content (AvgIpc) is 3.12. The highest BCUT2D eigenvalue weighted by Gasteiger charge is 2.17. The molecule has 1 aromatic heterocycles. The fourth-order valence-electron chi connectivity index (χ4n) is 3.74. The first-order chi connectivity index (χ1) is 14.8.